The highest BCUT2D eigenvalue weighted by Gasteiger charge is 2.12. The fourth-order valence-electron chi connectivity index (χ4n) is 1.97. The molecule has 0 radical (unpaired) electrons. The second-order valence-electron chi connectivity index (χ2n) is 4.49. The van der Waals surface area contributed by atoms with E-state index in [1.807, 2.05) is 30.3 Å². The first-order valence-corrected chi connectivity index (χ1v) is 6.27. The molecule has 8 nitrogen and oxygen atoms in total. The topological polar surface area (TPSA) is 94.7 Å². The average Bonchev–Trinajstić information content (AvgIpc) is 2.87. The van der Waals surface area contributed by atoms with Gasteiger partial charge in [-0.05, 0) is 5.56 Å². The van der Waals surface area contributed by atoms with Crippen LogP contribution in [0.25, 0.3) is 11.2 Å². The lowest BCUT2D eigenvalue weighted by atomic mass is 10.2. The molecular formula is C13H12N6O2. The van der Waals surface area contributed by atoms with E-state index in [-0.39, 0.29) is 11.4 Å². The van der Waals surface area contributed by atoms with Crippen LogP contribution in [0.15, 0.2) is 41.5 Å². The molecular weight excluding hydrogens is 272 g/mol. The maximum Gasteiger partial charge on any atom is 0.302 e. The molecule has 8 heteroatoms. The van der Waals surface area contributed by atoms with E-state index < -0.39 is 5.56 Å². The number of aromatic nitrogens is 5. The first-order chi connectivity index (χ1) is 10.1. The lowest BCUT2D eigenvalue weighted by molar-refractivity contribution is -0.115. The second kappa shape index (κ2) is 5.16. The molecule has 21 heavy (non-hydrogen) atoms. The van der Waals surface area contributed by atoms with Gasteiger partial charge in [0.25, 0.3) is 0 Å². The Morgan fingerprint density at radius 3 is 2.76 bits per heavy atom. The predicted molar refractivity (Wildman–Crippen MR) is 75.2 cm³/mol. The van der Waals surface area contributed by atoms with Crippen molar-refractivity contribution < 1.29 is 4.79 Å². The van der Waals surface area contributed by atoms with Crippen LogP contribution in [0.3, 0.4) is 0 Å². The maximum atomic E-state index is 12.1. The van der Waals surface area contributed by atoms with Gasteiger partial charge in [-0.15, -0.1) is 5.10 Å². The molecule has 3 rings (SSSR count). The zero-order valence-electron chi connectivity index (χ0n) is 11.2. The Bertz CT molecular complexity index is 852. The maximum absolute atomic E-state index is 12.1. The van der Waals surface area contributed by atoms with Crippen molar-refractivity contribution in [1.29, 1.82) is 0 Å². The molecule has 1 aromatic carbocycles. The summed E-state index contributed by atoms with van der Waals surface area (Å²) in [6.07, 6.45) is 1.25. The summed E-state index contributed by atoms with van der Waals surface area (Å²) in [5.41, 5.74) is 3.40. The lowest BCUT2D eigenvalue weighted by Crippen LogP contribution is -2.32. The van der Waals surface area contributed by atoms with Gasteiger partial charge in [0.2, 0.25) is 5.91 Å². The summed E-state index contributed by atoms with van der Waals surface area (Å²) in [6, 6.07) is 9.67. The minimum Gasteiger partial charge on any atom is -0.274 e. The lowest BCUT2D eigenvalue weighted by Gasteiger charge is -2.05. The Balaban J connectivity index is 2.02. The highest BCUT2D eigenvalue weighted by molar-refractivity contribution is 5.81. The van der Waals surface area contributed by atoms with E-state index >= 15 is 0 Å². The van der Waals surface area contributed by atoms with Crippen LogP contribution in [0.4, 0.5) is 0 Å². The Labute approximate surface area is 119 Å². The van der Waals surface area contributed by atoms with Crippen molar-refractivity contribution in [2.45, 2.75) is 13.5 Å². The van der Waals surface area contributed by atoms with Gasteiger partial charge in [-0.25, -0.2) is 14.3 Å². The highest BCUT2D eigenvalue weighted by atomic mass is 16.2. The standard InChI is InChI=1S/C13H12N6O2/c1-9(20)16-19-8-14-12-11(13(19)21)15-17-18(12)7-10-5-3-2-4-6-10/h2-6,8H,7H2,1H3,(H,16,20). The average molecular weight is 284 g/mol. The van der Waals surface area contributed by atoms with Crippen molar-refractivity contribution in [3.8, 4) is 0 Å². The first-order valence-electron chi connectivity index (χ1n) is 6.27. The summed E-state index contributed by atoms with van der Waals surface area (Å²) in [5.74, 6) is -0.366. The van der Waals surface area contributed by atoms with Gasteiger partial charge in [-0.2, -0.15) is 0 Å². The van der Waals surface area contributed by atoms with Crippen molar-refractivity contribution in [2.24, 2.45) is 0 Å². The van der Waals surface area contributed by atoms with E-state index in [9.17, 15) is 9.59 Å². The molecule has 1 amide bonds. The number of nitrogens with one attached hydrogen (secondary N) is 1. The van der Waals surface area contributed by atoms with Gasteiger partial charge >= 0.3 is 5.56 Å². The summed E-state index contributed by atoms with van der Waals surface area (Å²) < 4.78 is 2.54. The van der Waals surface area contributed by atoms with Crippen LogP contribution in [0.1, 0.15) is 12.5 Å². The summed E-state index contributed by atoms with van der Waals surface area (Å²) in [5, 5.41) is 7.80. The third-order valence-corrected chi connectivity index (χ3v) is 2.88. The molecule has 0 aliphatic heterocycles. The van der Waals surface area contributed by atoms with Crippen LogP contribution in [-0.4, -0.2) is 30.6 Å². The molecule has 0 spiro atoms. The summed E-state index contributed by atoms with van der Waals surface area (Å²) in [7, 11) is 0. The fraction of sp³-hybridized carbons (Fsp3) is 0.154. The number of carbonyl (C=O) groups excluding carboxylic acids is 1. The molecule has 106 valence electrons. The smallest absolute Gasteiger partial charge is 0.274 e. The van der Waals surface area contributed by atoms with Crippen molar-refractivity contribution in [1.82, 2.24) is 24.7 Å². The minimum absolute atomic E-state index is 0.113. The van der Waals surface area contributed by atoms with E-state index in [0.29, 0.717) is 12.2 Å². The zero-order chi connectivity index (χ0) is 14.8. The monoisotopic (exact) mass is 284 g/mol. The van der Waals surface area contributed by atoms with Crippen LogP contribution in [0.2, 0.25) is 0 Å². The van der Waals surface area contributed by atoms with Gasteiger partial charge in [0, 0.05) is 6.92 Å². The third-order valence-electron chi connectivity index (χ3n) is 2.88. The zero-order valence-corrected chi connectivity index (χ0v) is 11.2. The number of nitrogens with zero attached hydrogens (tertiary/aromatic N) is 5. The molecule has 2 aromatic heterocycles. The number of rotatable bonds is 3. The second-order valence-corrected chi connectivity index (χ2v) is 4.49. The molecule has 0 aliphatic rings. The van der Waals surface area contributed by atoms with Gasteiger partial charge in [-0.1, -0.05) is 35.5 Å². The fourth-order valence-corrected chi connectivity index (χ4v) is 1.97. The molecule has 0 atom stereocenters. The third kappa shape index (κ3) is 2.50. The minimum atomic E-state index is -0.463. The predicted octanol–water partition coefficient (Wildman–Crippen LogP) is 0.126. The molecule has 2 heterocycles. The molecule has 0 fully saturated rings. The molecule has 3 aromatic rings. The van der Waals surface area contributed by atoms with Crippen molar-refractivity contribution >= 4 is 17.1 Å². The van der Waals surface area contributed by atoms with Gasteiger partial charge in [0.1, 0.15) is 6.33 Å². The van der Waals surface area contributed by atoms with Crippen LogP contribution in [0, 0.1) is 0 Å². The summed E-state index contributed by atoms with van der Waals surface area (Å²) in [4.78, 5) is 27.3. The van der Waals surface area contributed by atoms with Crippen molar-refractivity contribution in [2.75, 3.05) is 5.43 Å². The Morgan fingerprint density at radius 2 is 2.05 bits per heavy atom. The largest absolute Gasteiger partial charge is 0.302 e. The van der Waals surface area contributed by atoms with E-state index in [0.717, 1.165) is 10.2 Å². The molecule has 0 saturated carbocycles. The number of amides is 1. The number of fused-ring (bicyclic) bond motifs is 1. The number of benzene rings is 1. The van der Waals surface area contributed by atoms with Gasteiger partial charge in [-0.3, -0.25) is 15.0 Å². The molecule has 0 aliphatic carbocycles. The number of hydrogen-bond acceptors (Lipinski definition) is 5. The van der Waals surface area contributed by atoms with Crippen molar-refractivity contribution in [3.63, 3.8) is 0 Å². The Kier molecular flexibility index (Phi) is 3.19. The quantitative estimate of drug-likeness (QED) is 0.737. The molecule has 1 N–H and O–H groups in total. The molecule has 0 bridgehead atoms. The number of carbonyl (C=O) groups is 1. The van der Waals surface area contributed by atoms with Crippen LogP contribution in [0.5, 0.6) is 0 Å². The Hall–Kier alpha value is -3.03. The highest BCUT2D eigenvalue weighted by Crippen LogP contribution is 2.06. The van der Waals surface area contributed by atoms with Crippen molar-refractivity contribution in [3.05, 3.63) is 52.6 Å². The number of hydrogen-bond donors (Lipinski definition) is 1. The van der Waals surface area contributed by atoms with Gasteiger partial charge in [0.05, 0.1) is 6.54 Å². The van der Waals surface area contributed by atoms with E-state index in [4.69, 9.17) is 0 Å². The summed E-state index contributed by atoms with van der Waals surface area (Å²) in [6.45, 7) is 1.77. The van der Waals surface area contributed by atoms with E-state index in [2.05, 4.69) is 20.7 Å². The Morgan fingerprint density at radius 1 is 1.29 bits per heavy atom. The van der Waals surface area contributed by atoms with Gasteiger partial charge < -0.3 is 0 Å². The normalized spacial score (nSPS) is 10.7. The molecule has 0 unspecified atom stereocenters. The van der Waals surface area contributed by atoms with Crippen LogP contribution in [-0.2, 0) is 11.3 Å². The SMILES string of the molecule is CC(=O)Nn1cnc2c(nnn2Cc2ccccc2)c1=O. The van der Waals surface area contributed by atoms with Crippen LogP contribution < -0.4 is 11.0 Å². The van der Waals surface area contributed by atoms with E-state index in [1.54, 1.807) is 4.68 Å². The summed E-state index contributed by atoms with van der Waals surface area (Å²) >= 11 is 0. The van der Waals surface area contributed by atoms with E-state index in [1.165, 1.54) is 13.3 Å². The molecule has 0 saturated heterocycles. The first kappa shape index (κ1) is 13.0. The van der Waals surface area contributed by atoms with Gasteiger partial charge in [0.15, 0.2) is 11.2 Å². The van der Waals surface area contributed by atoms with Crippen LogP contribution >= 0.6 is 0 Å².